The predicted molar refractivity (Wildman–Crippen MR) is 51.8 cm³/mol. The summed E-state index contributed by atoms with van der Waals surface area (Å²) in [7, 11) is 1.65. The van der Waals surface area contributed by atoms with Crippen molar-refractivity contribution in [3.8, 4) is 0 Å². The van der Waals surface area contributed by atoms with Gasteiger partial charge in [-0.2, -0.15) is 10.6 Å². The van der Waals surface area contributed by atoms with Crippen LogP contribution in [0.25, 0.3) is 0 Å². The number of hydrogen-bond acceptors (Lipinski definition) is 3. The number of carbonyl (C=O) groups is 1. The van der Waals surface area contributed by atoms with E-state index in [4.69, 9.17) is 10.6 Å². The van der Waals surface area contributed by atoms with Crippen molar-refractivity contribution in [3.05, 3.63) is 0 Å². The molecule has 1 atom stereocenters. The van der Waals surface area contributed by atoms with Crippen LogP contribution in [-0.2, 0) is 4.74 Å². The summed E-state index contributed by atoms with van der Waals surface area (Å²) in [6, 6.07) is 0. The third kappa shape index (κ3) is 2.97. The lowest BCUT2D eigenvalue weighted by Gasteiger charge is -2.36. The minimum atomic E-state index is -0.380. The van der Waals surface area contributed by atoms with E-state index in [1.54, 1.807) is 7.05 Å². The first-order valence-corrected chi connectivity index (χ1v) is 4.56. The third-order valence-electron chi connectivity index (χ3n) is 2.20. The van der Waals surface area contributed by atoms with E-state index in [1.807, 2.05) is 27.7 Å². The van der Waals surface area contributed by atoms with Crippen LogP contribution in [0.2, 0.25) is 0 Å². The van der Waals surface area contributed by atoms with Crippen LogP contribution >= 0.6 is 0 Å². The Morgan fingerprint density at radius 3 is 2.23 bits per heavy atom. The molecule has 0 fully saturated rings. The van der Waals surface area contributed by atoms with Gasteiger partial charge in [0.1, 0.15) is 5.54 Å². The Labute approximate surface area is 80.2 Å². The van der Waals surface area contributed by atoms with Gasteiger partial charge in [-0.25, -0.2) is 0 Å². The van der Waals surface area contributed by atoms with E-state index in [0.29, 0.717) is 6.61 Å². The molecule has 0 radical (unpaired) electrons. The van der Waals surface area contributed by atoms with Gasteiger partial charge in [0.2, 0.25) is 0 Å². The molecule has 0 aromatic rings. The fourth-order valence-corrected chi connectivity index (χ4v) is 0.597. The number of carbonyl (C=O) groups excluding carboxylic acids is 1. The first kappa shape index (κ1) is 12.4. The zero-order valence-electron chi connectivity index (χ0n) is 9.26. The molecule has 1 amide bonds. The lowest BCUT2D eigenvalue weighted by molar-refractivity contribution is -0.896. The molecule has 0 saturated carbocycles. The second kappa shape index (κ2) is 4.07. The summed E-state index contributed by atoms with van der Waals surface area (Å²) >= 11 is 0. The maximum Gasteiger partial charge on any atom is 0.535 e. The summed E-state index contributed by atoms with van der Waals surface area (Å²) in [5.74, 6) is 5.84. The maximum atomic E-state index is 11.5. The van der Waals surface area contributed by atoms with Gasteiger partial charge in [0.25, 0.3) is 0 Å². The lowest BCUT2D eigenvalue weighted by atomic mass is 10.1. The second-order valence-corrected chi connectivity index (χ2v) is 4.36. The van der Waals surface area contributed by atoms with Crippen molar-refractivity contribution in [1.82, 2.24) is 0 Å². The topological polar surface area (TPSA) is 52.3 Å². The molecular weight excluding hydrogens is 168 g/mol. The van der Waals surface area contributed by atoms with Gasteiger partial charge < -0.3 is 4.74 Å². The van der Waals surface area contributed by atoms with Crippen molar-refractivity contribution in [3.63, 3.8) is 0 Å². The van der Waals surface area contributed by atoms with Crippen LogP contribution in [0.5, 0.6) is 0 Å². The first-order valence-electron chi connectivity index (χ1n) is 4.56. The monoisotopic (exact) mass is 189 g/mol. The summed E-state index contributed by atoms with van der Waals surface area (Å²) in [5.41, 5.74) is -0.342. The highest BCUT2D eigenvalue weighted by Gasteiger charge is 2.42. The fourth-order valence-electron chi connectivity index (χ4n) is 0.597. The number of rotatable bonds is 2. The second-order valence-electron chi connectivity index (χ2n) is 4.36. The van der Waals surface area contributed by atoms with E-state index in [1.165, 1.54) is 0 Å². The van der Waals surface area contributed by atoms with Crippen LogP contribution in [0, 0.1) is 0 Å². The zero-order chi connectivity index (χ0) is 10.7. The molecule has 4 nitrogen and oxygen atoms in total. The van der Waals surface area contributed by atoms with Crippen LogP contribution in [0.4, 0.5) is 4.79 Å². The largest absolute Gasteiger partial charge is 0.535 e. The Kier molecular flexibility index (Phi) is 3.88. The number of amides is 1. The smallest absolute Gasteiger partial charge is 0.419 e. The molecule has 0 aromatic carbocycles. The molecule has 2 N–H and O–H groups in total. The normalized spacial score (nSPS) is 16.5. The summed E-state index contributed by atoms with van der Waals surface area (Å²) in [6.07, 6.45) is 0.435. The number of nitrogens with zero attached hydrogens (tertiary/aromatic N) is 1. The number of nitrogens with two attached hydrogens (primary N) is 1. The first-order chi connectivity index (χ1) is 5.73. The molecule has 78 valence electrons. The minimum Gasteiger partial charge on any atom is -0.419 e. The molecule has 4 heteroatoms. The van der Waals surface area contributed by atoms with Crippen molar-refractivity contribution < 1.29 is 14.1 Å². The molecule has 0 bridgehead atoms. The van der Waals surface area contributed by atoms with Gasteiger partial charge in [-0.05, 0) is 27.2 Å². The van der Waals surface area contributed by atoms with E-state index >= 15 is 0 Å². The van der Waals surface area contributed by atoms with Crippen LogP contribution < -0.4 is 5.84 Å². The quantitative estimate of drug-likeness (QED) is 0.311. The SMILES string of the molecule is CCCOC(=O)[N+](C)(N)C(C)(C)C. The molecule has 0 aliphatic carbocycles. The third-order valence-corrected chi connectivity index (χ3v) is 2.20. The molecule has 0 aromatic heterocycles. The van der Waals surface area contributed by atoms with Crippen LogP contribution in [0.1, 0.15) is 34.1 Å². The summed E-state index contributed by atoms with van der Waals surface area (Å²) in [5, 5.41) is 0. The zero-order valence-corrected chi connectivity index (χ0v) is 9.26. The molecule has 0 spiro atoms. The van der Waals surface area contributed by atoms with Crippen molar-refractivity contribution in [2.45, 2.75) is 39.7 Å². The lowest BCUT2D eigenvalue weighted by Crippen LogP contribution is -2.66. The number of quaternary nitrogens is 1. The highest BCUT2D eigenvalue weighted by atomic mass is 16.6. The van der Waals surface area contributed by atoms with E-state index < -0.39 is 0 Å². The van der Waals surface area contributed by atoms with E-state index in [2.05, 4.69) is 0 Å². The molecular formula is C9H21N2O2+. The Hall–Kier alpha value is -0.610. The molecule has 13 heavy (non-hydrogen) atoms. The number of ether oxygens (including phenoxy) is 1. The summed E-state index contributed by atoms with van der Waals surface area (Å²) < 4.78 is 4.75. The Balaban J connectivity index is 4.37. The van der Waals surface area contributed by atoms with Crippen molar-refractivity contribution in [2.75, 3.05) is 13.7 Å². The number of hydrogen-bond donors (Lipinski definition) is 1. The predicted octanol–water partition coefficient (Wildman–Crippen LogP) is 1.65. The summed E-state index contributed by atoms with van der Waals surface area (Å²) in [6.45, 7) is 8.09. The maximum absolute atomic E-state index is 11.5. The van der Waals surface area contributed by atoms with E-state index in [0.717, 1.165) is 6.42 Å². The summed E-state index contributed by atoms with van der Waals surface area (Å²) in [4.78, 5) is 11.5. The van der Waals surface area contributed by atoms with Gasteiger partial charge in [-0.3, -0.25) is 0 Å². The van der Waals surface area contributed by atoms with Gasteiger partial charge in [-0.1, -0.05) is 6.92 Å². The van der Waals surface area contributed by atoms with Gasteiger partial charge in [-0.15, -0.1) is 4.59 Å². The Bertz CT molecular complexity index is 183. The van der Waals surface area contributed by atoms with Gasteiger partial charge in [0, 0.05) is 0 Å². The van der Waals surface area contributed by atoms with Crippen molar-refractivity contribution in [2.24, 2.45) is 5.84 Å². The van der Waals surface area contributed by atoms with Gasteiger partial charge >= 0.3 is 6.09 Å². The average Bonchev–Trinajstić information content (AvgIpc) is 1.97. The highest BCUT2D eigenvalue weighted by Crippen LogP contribution is 2.17. The van der Waals surface area contributed by atoms with E-state index in [9.17, 15) is 4.79 Å². The van der Waals surface area contributed by atoms with Crippen molar-refractivity contribution >= 4 is 6.09 Å². The van der Waals surface area contributed by atoms with Crippen LogP contribution in [0.3, 0.4) is 0 Å². The Morgan fingerprint density at radius 1 is 1.46 bits per heavy atom. The molecule has 0 heterocycles. The van der Waals surface area contributed by atoms with Crippen LogP contribution in [-0.4, -0.2) is 29.9 Å². The minimum absolute atomic E-state index is 0.243. The Morgan fingerprint density at radius 2 is 1.92 bits per heavy atom. The van der Waals surface area contributed by atoms with E-state index in [-0.39, 0.29) is 16.2 Å². The van der Waals surface area contributed by atoms with Gasteiger partial charge in [0.05, 0.1) is 13.7 Å². The molecule has 0 saturated heterocycles. The van der Waals surface area contributed by atoms with Crippen LogP contribution in [0.15, 0.2) is 0 Å². The molecule has 1 unspecified atom stereocenters. The standard InChI is InChI=1S/C9H21N2O2/c1-6-7-13-8(12)11(5,10)9(2,3)4/h6-7,10H2,1-5H3/q+1. The van der Waals surface area contributed by atoms with Gasteiger partial charge in [0.15, 0.2) is 0 Å². The molecule has 0 aliphatic rings. The highest BCUT2D eigenvalue weighted by molar-refractivity contribution is 5.59. The van der Waals surface area contributed by atoms with Crippen molar-refractivity contribution in [1.29, 1.82) is 0 Å². The molecule has 0 rings (SSSR count). The fraction of sp³-hybridized carbons (Fsp3) is 0.889. The molecule has 0 aliphatic heterocycles. The average molecular weight is 189 g/mol.